The molecular weight excluding hydrogens is 258 g/mol. The predicted molar refractivity (Wildman–Crippen MR) is 79.8 cm³/mol. The summed E-state index contributed by atoms with van der Waals surface area (Å²) in [5, 5.41) is 0. The van der Waals surface area contributed by atoms with Crippen LogP contribution in [0.1, 0.15) is 5.56 Å². The molecule has 0 fully saturated rings. The molecule has 96 valence electrons. The highest BCUT2D eigenvalue weighted by Gasteiger charge is 2.15. The lowest BCUT2D eigenvalue weighted by atomic mass is 10.1. The second kappa shape index (κ2) is 4.49. The minimum absolute atomic E-state index is 0.638. The third-order valence-corrected chi connectivity index (χ3v) is 4.37. The van der Waals surface area contributed by atoms with E-state index in [1.807, 2.05) is 31.2 Å². The maximum absolute atomic E-state index is 6.04. The number of hydrogen-bond donors (Lipinski definition) is 3. The number of anilines is 2. The molecular formula is C13H13N5S. The number of nitrogens with zero attached hydrogens (tertiary/aromatic N) is 2. The van der Waals surface area contributed by atoms with Crippen molar-refractivity contribution in [3.05, 3.63) is 36.2 Å². The number of aromatic nitrogens is 2. The van der Waals surface area contributed by atoms with Gasteiger partial charge < -0.3 is 11.2 Å². The highest BCUT2D eigenvalue weighted by atomic mass is 32.1. The van der Waals surface area contributed by atoms with Gasteiger partial charge in [0, 0.05) is 16.1 Å². The number of hydrogen-bond acceptors (Lipinski definition) is 6. The Morgan fingerprint density at radius 3 is 2.74 bits per heavy atom. The number of thiophene rings is 1. The predicted octanol–water partition coefficient (Wildman–Crippen LogP) is 2.53. The van der Waals surface area contributed by atoms with E-state index in [2.05, 4.69) is 15.4 Å². The van der Waals surface area contributed by atoms with Crippen LogP contribution in [0.2, 0.25) is 0 Å². The molecule has 0 unspecified atom stereocenters. The van der Waals surface area contributed by atoms with Crippen molar-refractivity contribution < 1.29 is 0 Å². The fourth-order valence-electron chi connectivity index (χ4n) is 2.09. The Morgan fingerprint density at radius 1 is 1.21 bits per heavy atom. The van der Waals surface area contributed by atoms with Crippen molar-refractivity contribution in [1.82, 2.24) is 9.97 Å². The van der Waals surface area contributed by atoms with Crippen molar-refractivity contribution in [2.24, 2.45) is 5.84 Å². The number of rotatable bonds is 2. The number of fused-ring (bicyclic) bond motifs is 1. The average molecular weight is 271 g/mol. The molecule has 2 aromatic heterocycles. The molecule has 0 radical (unpaired) electrons. The third kappa shape index (κ3) is 1.81. The molecule has 6 heteroatoms. The van der Waals surface area contributed by atoms with E-state index in [4.69, 9.17) is 11.6 Å². The van der Waals surface area contributed by atoms with Gasteiger partial charge in [0.05, 0.1) is 10.2 Å². The lowest BCUT2D eigenvalue weighted by molar-refractivity contribution is 1.18. The first-order valence-electron chi connectivity index (χ1n) is 5.78. The van der Waals surface area contributed by atoms with Gasteiger partial charge in [0.25, 0.3) is 0 Å². The van der Waals surface area contributed by atoms with E-state index in [0.717, 1.165) is 31.9 Å². The largest absolute Gasteiger partial charge is 0.398 e. The quantitative estimate of drug-likeness (QED) is 0.378. The number of benzene rings is 1. The fraction of sp³-hybridized carbons (Fsp3) is 0.0769. The second-order valence-corrected chi connectivity index (χ2v) is 5.21. The van der Waals surface area contributed by atoms with Gasteiger partial charge in [-0.15, -0.1) is 11.3 Å². The van der Waals surface area contributed by atoms with Crippen molar-refractivity contribution in [2.75, 3.05) is 11.2 Å². The van der Waals surface area contributed by atoms with Crippen LogP contribution in [0, 0.1) is 6.92 Å². The lowest BCUT2D eigenvalue weighted by Crippen LogP contribution is -2.08. The van der Waals surface area contributed by atoms with Gasteiger partial charge >= 0.3 is 0 Å². The summed E-state index contributed by atoms with van der Waals surface area (Å²) in [6, 6.07) is 7.81. The fourth-order valence-corrected chi connectivity index (χ4v) is 3.35. The molecule has 2 heterocycles. The van der Waals surface area contributed by atoms with Gasteiger partial charge in [0.1, 0.15) is 6.33 Å². The summed E-state index contributed by atoms with van der Waals surface area (Å²) in [4.78, 5) is 9.56. The standard InChI is InChI=1S/C13H13N5S/c1-7-10-12(13(18-15)17-6-16-10)19-11(7)8-4-2-3-5-9(8)14/h2-6H,14-15H2,1H3,(H,16,17,18). The van der Waals surface area contributed by atoms with Crippen LogP contribution in [0.3, 0.4) is 0 Å². The number of nitrogens with one attached hydrogen (secondary N) is 1. The number of aryl methyl sites for hydroxylation is 1. The number of nitrogen functional groups attached to an aromatic ring is 2. The third-order valence-electron chi connectivity index (χ3n) is 3.05. The van der Waals surface area contributed by atoms with E-state index < -0.39 is 0 Å². The highest BCUT2D eigenvalue weighted by Crippen LogP contribution is 2.41. The Morgan fingerprint density at radius 2 is 2.00 bits per heavy atom. The van der Waals surface area contributed by atoms with Gasteiger partial charge in [0.15, 0.2) is 5.82 Å². The molecule has 0 saturated carbocycles. The van der Waals surface area contributed by atoms with Crippen molar-refractivity contribution in [3.63, 3.8) is 0 Å². The monoisotopic (exact) mass is 271 g/mol. The maximum Gasteiger partial charge on any atom is 0.161 e. The summed E-state index contributed by atoms with van der Waals surface area (Å²) in [5.41, 5.74) is 12.4. The van der Waals surface area contributed by atoms with Crippen LogP contribution in [-0.4, -0.2) is 9.97 Å². The Kier molecular flexibility index (Phi) is 2.81. The van der Waals surface area contributed by atoms with E-state index in [0.29, 0.717) is 5.82 Å². The minimum atomic E-state index is 0.638. The minimum Gasteiger partial charge on any atom is -0.398 e. The highest BCUT2D eigenvalue weighted by molar-refractivity contribution is 7.23. The second-order valence-electron chi connectivity index (χ2n) is 4.19. The maximum atomic E-state index is 6.04. The summed E-state index contributed by atoms with van der Waals surface area (Å²) < 4.78 is 0.945. The number of nitrogens with two attached hydrogens (primary N) is 2. The van der Waals surface area contributed by atoms with Crippen LogP contribution in [0.4, 0.5) is 11.5 Å². The van der Waals surface area contributed by atoms with Crippen molar-refractivity contribution in [3.8, 4) is 10.4 Å². The van der Waals surface area contributed by atoms with E-state index >= 15 is 0 Å². The molecule has 0 bridgehead atoms. The van der Waals surface area contributed by atoms with Crippen LogP contribution in [0.5, 0.6) is 0 Å². The van der Waals surface area contributed by atoms with Gasteiger partial charge in [0.2, 0.25) is 0 Å². The zero-order chi connectivity index (χ0) is 13.4. The zero-order valence-corrected chi connectivity index (χ0v) is 11.2. The molecule has 3 rings (SSSR count). The lowest BCUT2D eigenvalue weighted by Gasteiger charge is -2.03. The number of hydrazine groups is 1. The van der Waals surface area contributed by atoms with E-state index in [9.17, 15) is 0 Å². The Labute approximate surface area is 114 Å². The summed E-state index contributed by atoms with van der Waals surface area (Å²) in [6.07, 6.45) is 1.51. The molecule has 19 heavy (non-hydrogen) atoms. The smallest absolute Gasteiger partial charge is 0.161 e. The Balaban J connectivity index is 2.32. The molecule has 5 nitrogen and oxygen atoms in total. The van der Waals surface area contributed by atoms with Crippen molar-refractivity contribution in [1.29, 1.82) is 0 Å². The van der Waals surface area contributed by atoms with Crippen LogP contribution in [0.15, 0.2) is 30.6 Å². The number of para-hydroxylation sites is 1. The van der Waals surface area contributed by atoms with Crippen LogP contribution in [-0.2, 0) is 0 Å². The molecule has 0 aliphatic carbocycles. The first-order valence-corrected chi connectivity index (χ1v) is 6.59. The SMILES string of the molecule is Cc1c(-c2ccccc2N)sc2c(NN)ncnc12. The summed E-state index contributed by atoms with van der Waals surface area (Å²) in [5.74, 6) is 6.12. The van der Waals surface area contributed by atoms with E-state index in [1.54, 1.807) is 11.3 Å². The average Bonchev–Trinajstić information content (AvgIpc) is 2.77. The van der Waals surface area contributed by atoms with Crippen molar-refractivity contribution in [2.45, 2.75) is 6.92 Å². The summed E-state index contributed by atoms with van der Waals surface area (Å²) in [6.45, 7) is 2.04. The topological polar surface area (TPSA) is 89.8 Å². The van der Waals surface area contributed by atoms with Gasteiger partial charge in [-0.2, -0.15) is 0 Å². The van der Waals surface area contributed by atoms with Gasteiger partial charge in [-0.3, -0.25) is 0 Å². The Bertz CT molecular complexity index is 750. The van der Waals surface area contributed by atoms with Crippen LogP contribution in [0.25, 0.3) is 20.7 Å². The summed E-state index contributed by atoms with van der Waals surface area (Å²) in [7, 11) is 0. The van der Waals surface area contributed by atoms with Gasteiger partial charge in [-0.1, -0.05) is 18.2 Å². The van der Waals surface area contributed by atoms with Crippen LogP contribution < -0.4 is 17.0 Å². The van der Waals surface area contributed by atoms with E-state index in [1.165, 1.54) is 6.33 Å². The molecule has 0 spiro atoms. The van der Waals surface area contributed by atoms with E-state index in [-0.39, 0.29) is 0 Å². The molecule has 1 aromatic carbocycles. The molecule has 3 aromatic rings. The molecule has 0 atom stereocenters. The summed E-state index contributed by atoms with van der Waals surface area (Å²) >= 11 is 1.59. The van der Waals surface area contributed by atoms with Crippen LogP contribution >= 0.6 is 11.3 Å². The first-order chi connectivity index (χ1) is 9.22. The van der Waals surface area contributed by atoms with Gasteiger partial charge in [-0.25, -0.2) is 15.8 Å². The molecule has 0 amide bonds. The zero-order valence-electron chi connectivity index (χ0n) is 10.3. The van der Waals surface area contributed by atoms with Crippen molar-refractivity contribution >= 4 is 33.1 Å². The molecule has 0 aliphatic heterocycles. The Hall–Kier alpha value is -2.18. The molecule has 5 N–H and O–H groups in total. The first kappa shape index (κ1) is 11.9. The molecule has 0 aliphatic rings. The van der Waals surface area contributed by atoms with Gasteiger partial charge in [-0.05, 0) is 18.6 Å². The normalized spacial score (nSPS) is 10.8. The molecule has 0 saturated heterocycles.